The standard InChI is InChI=1S/C24H25F3N6O2/c1-35-14-16-6-7-21-29-12-20(32(21)13-16)22-17-11-28-18(23(34)31-8-4-2-3-5-9-31)10-19(17)33(30-22)15-24(25,26)27/h6-7,10-13H,2-5,8-9,14-15H2,1H3. The van der Waals surface area contributed by atoms with Gasteiger partial charge in [0.1, 0.15) is 23.6 Å². The third-order valence-corrected chi connectivity index (χ3v) is 6.20. The van der Waals surface area contributed by atoms with Gasteiger partial charge in [-0.2, -0.15) is 18.3 Å². The molecule has 1 amide bonds. The van der Waals surface area contributed by atoms with E-state index in [1.54, 1.807) is 22.6 Å². The van der Waals surface area contributed by atoms with Gasteiger partial charge < -0.3 is 9.64 Å². The minimum absolute atomic E-state index is 0.120. The maximum atomic E-state index is 13.4. The number of amides is 1. The predicted octanol–water partition coefficient (Wildman–Crippen LogP) is 4.47. The van der Waals surface area contributed by atoms with Gasteiger partial charge in [-0.3, -0.25) is 18.9 Å². The summed E-state index contributed by atoms with van der Waals surface area (Å²) in [6.07, 6.45) is 4.27. The summed E-state index contributed by atoms with van der Waals surface area (Å²) in [6.45, 7) is 0.339. The average molecular weight is 486 g/mol. The molecule has 0 radical (unpaired) electrons. The van der Waals surface area contributed by atoms with Crippen LogP contribution in [0.2, 0.25) is 0 Å². The SMILES string of the molecule is COCc1ccc2ncc(-c3nn(CC(F)(F)F)c4cc(C(=O)N5CCCCCC5)ncc34)n2c1. The van der Waals surface area contributed by atoms with Crippen molar-refractivity contribution in [2.75, 3.05) is 20.2 Å². The van der Waals surface area contributed by atoms with E-state index in [-0.39, 0.29) is 17.1 Å². The van der Waals surface area contributed by atoms with E-state index >= 15 is 0 Å². The lowest BCUT2D eigenvalue weighted by molar-refractivity contribution is -0.141. The summed E-state index contributed by atoms with van der Waals surface area (Å²) in [5, 5.41) is 4.73. The number of alkyl halides is 3. The van der Waals surface area contributed by atoms with Crippen LogP contribution in [0.5, 0.6) is 0 Å². The first-order chi connectivity index (χ1) is 16.8. The number of rotatable bonds is 5. The third-order valence-electron chi connectivity index (χ3n) is 6.20. The number of aromatic nitrogens is 5. The van der Waals surface area contributed by atoms with Crippen LogP contribution in [0.1, 0.15) is 41.7 Å². The quantitative estimate of drug-likeness (QED) is 0.416. The van der Waals surface area contributed by atoms with E-state index in [2.05, 4.69) is 15.1 Å². The molecule has 0 aliphatic carbocycles. The van der Waals surface area contributed by atoms with Gasteiger partial charge in [-0.1, -0.05) is 18.9 Å². The predicted molar refractivity (Wildman–Crippen MR) is 123 cm³/mol. The fourth-order valence-corrected chi connectivity index (χ4v) is 4.55. The molecule has 11 heteroatoms. The molecule has 184 valence electrons. The number of halogens is 3. The number of hydrogen-bond donors (Lipinski definition) is 0. The fraction of sp³-hybridized carbons (Fsp3) is 0.417. The zero-order chi connectivity index (χ0) is 24.6. The molecule has 5 rings (SSSR count). The lowest BCUT2D eigenvalue weighted by Crippen LogP contribution is -2.32. The number of pyridine rings is 2. The molecule has 0 saturated carbocycles. The van der Waals surface area contributed by atoms with Gasteiger partial charge in [0.25, 0.3) is 5.91 Å². The molecule has 5 heterocycles. The number of hydrogen-bond acceptors (Lipinski definition) is 5. The fourth-order valence-electron chi connectivity index (χ4n) is 4.55. The van der Waals surface area contributed by atoms with Gasteiger partial charge in [0.15, 0.2) is 0 Å². The highest BCUT2D eigenvalue weighted by Gasteiger charge is 2.31. The summed E-state index contributed by atoms with van der Waals surface area (Å²) in [5.74, 6) is -0.269. The summed E-state index contributed by atoms with van der Waals surface area (Å²) < 4.78 is 48.1. The van der Waals surface area contributed by atoms with Crippen molar-refractivity contribution in [3.63, 3.8) is 0 Å². The Hall–Kier alpha value is -3.47. The van der Waals surface area contributed by atoms with Crippen molar-refractivity contribution in [2.24, 2.45) is 0 Å². The Kier molecular flexibility index (Phi) is 6.18. The molecule has 0 spiro atoms. The summed E-state index contributed by atoms with van der Waals surface area (Å²) in [5.41, 5.74) is 2.66. The summed E-state index contributed by atoms with van der Waals surface area (Å²) in [7, 11) is 1.58. The lowest BCUT2D eigenvalue weighted by Gasteiger charge is -2.19. The van der Waals surface area contributed by atoms with Crippen LogP contribution in [0.25, 0.3) is 27.9 Å². The van der Waals surface area contributed by atoms with Crippen LogP contribution in [-0.2, 0) is 17.9 Å². The summed E-state index contributed by atoms with van der Waals surface area (Å²) in [6, 6.07) is 5.10. The maximum absolute atomic E-state index is 13.4. The molecule has 4 aromatic rings. The molecular formula is C24H25F3N6O2. The van der Waals surface area contributed by atoms with Gasteiger partial charge in [-0.05, 0) is 30.5 Å². The normalized spacial score (nSPS) is 15.1. The summed E-state index contributed by atoms with van der Waals surface area (Å²) in [4.78, 5) is 23.5. The zero-order valence-corrected chi connectivity index (χ0v) is 19.3. The Labute approximate surface area is 199 Å². The van der Waals surface area contributed by atoms with E-state index < -0.39 is 12.7 Å². The minimum atomic E-state index is -4.49. The number of likely N-dealkylation sites (tertiary alicyclic amines) is 1. The Morgan fingerprint density at radius 3 is 2.57 bits per heavy atom. The Bertz CT molecular complexity index is 1370. The van der Waals surface area contributed by atoms with E-state index in [9.17, 15) is 18.0 Å². The average Bonchev–Trinajstić information content (AvgIpc) is 3.26. The number of methoxy groups -OCH3 is 1. The van der Waals surface area contributed by atoms with Crippen molar-refractivity contribution >= 4 is 22.5 Å². The van der Waals surface area contributed by atoms with Crippen molar-refractivity contribution in [3.05, 3.63) is 48.0 Å². The number of nitrogens with zero attached hydrogens (tertiary/aromatic N) is 6. The summed E-state index contributed by atoms with van der Waals surface area (Å²) >= 11 is 0. The first-order valence-corrected chi connectivity index (χ1v) is 11.5. The van der Waals surface area contributed by atoms with E-state index in [0.717, 1.165) is 35.9 Å². The number of carbonyl (C=O) groups excluding carboxylic acids is 1. The largest absolute Gasteiger partial charge is 0.408 e. The van der Waals surface area contributed by atoms with Gasteiger partial charge >= 0.3 is 6.18 Å². The van der Waals surface area contributed by atoms with Crippen LogP contribution in [-0.4, -0.2) is 61.3 Å². The van der Waals surface area contributed by atoms with Crippen molar-refractivity contribution in [3.8, 4) is 11.4 Å². The van der Waals surface area contributed by atoms with Crippen LogP contribution in [0.4, 0.5) is 13.2 Å². The smallest absolute Gasteiger partial charge is 0.380 e. The van der Waals surface area contributed by atoms with Crippen LogP contribution in [0.3, 0.4) is 0 Å². The van der Waals surface area contributed by atoms with Gasteiger partial charge in [-0.25, -0.2) is 4.98 Å². The molecule has 1 saturated heterocycles. The van der Waals surface area contributed by atoms with Gasteiger partial charge in [0, 0.05) is 38.0 Å². The second-order valence-electron chi connectivity index (χ2n) is 8.76. The van der Waals surface area contributed by atoms with Crippen molar-refractivity contribution < 1.29 is 22.7 Å². The first-order valence-electron chi connectivity index (χ1n) is 11.5. The minimum Gasteiger partial charge on any atom is -0.380 e. The highest BCUT2D eigenvalue weighted by molar-refractivity contribution is 5.99. The molecule has 0 atom stereocenters. The van der Waals surface area contributed by atoms with Crippen molar-refractivity contribution in [2.45, 2.75) is 45.0 Å². The van der Waals surface area contributed by atoms with Crippen LogP contribution in [0, 0.1) is 0 Å². The molecule has 8 nitrogen and oxygen atoms in total. The molecule has 4 aromatic heterocycles. The third kappa shape index (κ3) is 4.72. The van der Waals surface area contributed by atoms with Gasteiger partial charge in [0.2, 0.25) is 0 Å². The highest BCUT2D eigenvalue weighted by atomic mass is 19.4. The zero-order valence-electron chi connectivity index (χ0n) is 19.3. The molecule has 0 aromatic carbocycles. The van der Waals surface area contributed by atoms with Crippen molar-refractivity contribution in [1.82, 2.24) is 29.0 Å². The molecule has 1 aliphatic rings. The second-order valence-corrected chi connectivity index (χ2v) is 8.76. The number of fused-ring (bicyclic) bond motifs is 2. The molecule has 0 N–H and O–H groups in total. The van der Waals surface area contributed by atoms with E-state index in [1.165, 1.54) is 12.3 Å². The number of ether oxygens (including phenoxy) is 1. The van der Waals surface area contributed by atoms with E-state index in [4.69, 9.17) is 4.74 Å². The first kappa shape index (κ1) is 23.3. The van der Waals surface area contributed by atoms with Crippen LogP contribution >= 0.6 is 0 Å². The molecule has 1 aliphatic heterocycles. The Morgan fingerprint density at radius 2 is 1.86 bits per heavy atom. The highest BCUT2D eigenvalue weighted by Crippen LogP contribution is 2.31. The number of carbonyl (C=O) groups is 1. The number of imidazole rings is 1. The van der Waals surface area contributed by atoms with Gasteiger partial charge in [-0.15, -0.1) is 0 Å². The second kappa shape index (κ2) is 9.29. The molecule has 0 bridgehead atoms. The van der Waals surface area contributed by atoms with Crippen LogP contribution < -0.4 is 0 Å². The molecule has 35 heavy (non-hydrogen) atoms. The molecule has 0 unspecified atom stereocenters. The topological polar surface area (TPSA) is 77.6 Å². The Balaban J connectivity index is 1.62. The maximum Gasteiger partial charge on any atom is 0.408 e. The van der Waals surface area contributed by atoms with Crippen molar-refractivity contribution in [1.29, 1.82) is 0 Å². The lowest BCUT2D eigenvalue weighted by atomic mass is 10.2. The van der Waals surface area contributed by atoms with Gasteiger partial charge in [0.05, 0.1) is 24.0 Å². The van der Waals surface area contributed by atoms with Crippen LogP contribution in [0.15, 0.2) is 36.8 Å². The van der Waals surface area contributed by atoms with E-state index in [0.29, 0.717) is 42.1 Å². The van der Waals surface area contributed by atoms with E-state index in [1.807, 2.05) is 18.3 Å². The Morgan fingerprint density at radius 1 is 1.09 bits per heavy atom. The molecule has 1 fully saturated rings. The monoisotopic (exact) mass is 486 g/mol. The molecular weight excluding hydrogens is 461 g/mol.